The molecule has 0 radical (unpaired) electrons. The van der Waals surface area contributed by atoms with Crippen LogP contribution in [0.15, 0.2) is 29.6 Å². The van der Waals surface area contributed by atoms with Gasteiger partial charge in [0.25, 0.3) is 5.91 Å². The zero-order chi connectivity index (χ0) is 15.4. The maximum Gasteiger partial charge on any atom is 0.291 e. The first-order valence-corrected chi connectivity index (χ1v) is 6.67. The summed E-state index contributed by atoms with van der Waals surface area (Å²) in [5.41, 5.74) is 8.43. The van der Waals surface area contributed by atoms with Gasteiger partial charge in [0.1, 0.15) is 5.02 Å². The summed E-state index contributed by atoms with van der Waals surface area (Å²) >= 11 is 17.4. The highest BCUT2D eigenvalue weighted by atomic mass is 35.5. The van der Waals surface area contributed by atoms with Crippen LogP contribution in [0.5, 0.6) is 0 Å². The van der Waals surface area contributed by atoms with Gasteiger partial charge in [0.2, 0.25) is 0 Å². The second-order valence-corrected chi connectivity index (χ2v) is 4.89. The quantitative estimate of drug-likeness (QED) is 0.508. The molecule has 0 unspecified atom stereocenters. The van der Waals surface area contributed by atoms with Gasteiger partial charge in [-0.1, -0.05) is 40.9 Å². The van der Waals surface area contributed by atoms with Gasteiger partial charge in [-0.2, -0.15) is 5.10 Å². The lowest BCUT2D eigenvalue weighted by Crippen LogP contribution is -2.20. The summed E-state index contributed by atoms with van der Waals surface area (Å²) in [5.74, 6) is -0.662. The Morgan fingerprint density at radius 3 is 2.76 bits per heavy atom. The van der Waals surface area contributed by atoms with Crippen molar-refractivity contribution in [3.8, 4) is 0 Å². The van der Waals surface area contributed by atoms with E-state index < -0.39 is 5.91 Å². The fraction of sp³-hybridized carbons (Fsp3) is 0. The summed E-state index contributed by atoms with van der Waals surface area (Å²) in [5, 5.41) is 3.56. The third-order valence-corrected chi connectivity index (χ3v) is 3.49. The van der Waals surface area contributed by atoms with E-state index in [9.17, 15) is 4.79 Å². The Bertz CT molecular complexity index is 706. The average molecular weight is 345 g/mol. The number of amides is 1. The Hall–Kier alpha value is -1.89. The molecule has 0 aromatic carbocycles. The number of nitrogens with zero attached hydrogens (tertiary/aromatic N) is 3. The molecule has 0 atom stereocenters. The van der Waals surface area contributed by atoms with Crippen LogP contribution in [0, 0.1) is 0 Å². The first-order chi connectivity index (χ1) is 10.0. The van der Waals surface area contributed by atoms with Crippen LogP contribution in [-0.2, 0) is 0 Å². The van der Waals surface area contributed by atoms with Crippen LogP contribution in [0.2, 0.25) is 15.2 Å². The van der Waals surface area contributed by atoms with E-state index in [-0.39, 0.29) is 26.6 Å². The van der Waals surface area contributed by atoms with Gasteiger partial charge in [-0.15, -0.1) is 0 Å². The third kappa shape index (κ3) is 3.60. The van der Waals surface area contributed by atoms with Crippen molar-refractivity contribution in [3.05, 3.63) is 51.0 Å². The number of carbonyl (C=O) groups is 1. The Kier molecular flexibility index (Phi) is 4.95. The summed E-state index contributed by atoms with van der Waals surface area (Å²) in [4.78, 5) is 19.6. The Labute approximate surface area is 134 Å². The van der Waals surface area contributed by atoms with E-state index in [1.54, 1.807) is 24.5 Å². The van der Waals surface area contributed by atoms with Crippen molar-refractivity contribution in [3.63, 3.8) is 0 Å². The predicted octanol–water partition coefficient (Wildman–Crippen LogP) is 2.78. The number of carbonyl (C=O) groups excluding carboxylic acids is 1. The summed E-state index contributed by atoms with van der Waals surface area (Å²) in [6.45, 7) is 0. The van der Waals surface area contributed by atoms with Gasteiger partial charge < -0.3 is 5.73 Å². The first kappa shape index (κ1) is 15.5. The molecule has 0 saturated carbocycles. The maximum absolute atomic E-state index is 11.9. The highest BCUT2D eigenvalue weighted by Gasteiger charge is 2.19. The van der Waals surface area contributed by atoms with Crippen LogP contribution < -0.4 is 11.2 Å². The van der Waals surface area contributed by atoms with Crippen LogP contribution in [0.4, 0.5) is 5.69 Å². The molecule has 0 aliphatic rings. The lowest BCUT2D eigenvalue weighted by molar-refractivity contribution is 0.0950. The number of nitrogens with one attached hydrogen (secondary N) is 1. The Morgan fingerprint density at radius 2 is 2.10 bits per heavy atom. The number of hydrogen-bond donors (Lipinski definition) is 2. The molecule has 1 amide bonds. The number of aromatic nitrogens is 2. The Balaban J connectivity index is 2.16. The predicted molar refractivity (Wildman–Crippen MR) is 83.0 cm³/mol. The molecular formula is C12H8Cl3N5O. The molecule has 2 aromatic heterocycles. The summed E-state index contributed by atoms with van der Waals surface area (Å²) < 4.78 is 0. The zero-order valence-corrected chi connectivity index (χ0v) is 12.6. The first-order valence-electron chi connectivity index (χ1n) is 5.54. The number of pyridine rings is 2. The minimum absolute atomic E-state index is 0.00271. The number of hydrogen-bond acceptors (Lipinski definition) is 5. The van der Waals surface area contributed by atoms with E-state index in [2.05, 4.69) is 20.5 Å². The fourth-order valence-corrected chi connectivity index (χ4v) is 1.95. The van der Waals surface area contributed by atoms with Crippen molar-refractivity contribution >= 4 is 52.6 Å². The standard InChI is InChI=1S/C12H8Cl3N5O/c13-7-9(16)8(14)11(15)19-10(7)12(21)20-18-5-6-2-1-3-17-4-6/h1-5H,(H2,16,19)(H,20,21)/b18-5-. The average Bonchev–Trinajstić information content (AvgIpc) is 2.49. The number of hydrazone groups is 1. The molecule has 0 saturated heterocycles. The van der Waals surface area contributed by atoms with Crippen molar-refractivity contribution in [1.29, 1.82) is 0 Å². The molecule has 0 aliphatic heterocycles. The molecule has 0 spiro atoms. The monoisotopic (exact) mass is 343 g/mol. The maximum atomic E-state index is 11.9. The van der Waals surface area contributed by atoms with Gasteiger partial charge in [-0.3, -0.25) is 9.78 Å². The molecule has 21 heavy (non-hydrogen) atoms. The number of anilines is 1. The SMILES string of the molecule is Nc1c(Cl)c(Cl)nc(C(=O)N/N=C\c2cccnc2)c1Cl. The lowest BCUT2D eigenvalue weighted by atomic mass is 10.3. The minimum atomic E-state index is -0.662. The van der Waals surface area contributed by atoms with Crippen molar-refractivity contribution in [2.75, 3.05) is 5.73 Å². The number of nitrogen functional groups attached to an aromatic ring is 1. The number of rotatable bonds is 3. The second kappa shape index (κ2) is 6.71. The van der Waals surface area contributed by atoms with Crippen LogP contribution in [0.25, 0.3) is 0 Å². The van der Waals surface area contributed by atoms with Gasteiger partial charge in [0, 0.05) is 18.0 Å². The van der Waals surface area contributed by atoms with E-state index in [0.29, 0.717) is 5.56 Å². The minimum Gasteiger partial charge on any atom is -0.396 e. The largest absolute Gasteiger partial charge is 0.396 e. The Morgan fingerprint density at radius 1 is 1.33 bits per heavy atom. The molecule has 6 nitrogen and oxygen atoms in total. The third-order valence-electron chi connectivity index (χ3n) is 2.35. The summed E-state index contributed by atoms with van der Waals surface area (Å²) in [7, 11) is 0. The van der Waals surface area contributed by atoms with E-state index in [4.69, 9.17) is 40.5 Å². The van der Waals surface area contributed by atoms with Crippen molar-refractivity contribution in [2.24, 2.45) is 5.10 Å². The van der Waals surface area contributed by atoms with Crippen molar-refractivity contribution in [2.45, 2.75) is 0 Å². The molecule has 3 N–H and O–H groups in total. The molecule has 0 aliphatic carbocycles. The van der Waals surface area contributed by atoms with Crippen LogP contribution in [-0.4, -0.2) is 22.1 Å². The van der Waals surface area contributed by atoms with E-state index >= 15 is 0 Å². The normalized spacial score (nSPS) is 10.8. The smallest absolute Gasteiger partial charge is 0.291 e. The molecule has 2 rings (SSSR count). The molecule has 108 valence electrons. The molecule has 9 heteroatoms. The van der Waals surface area contributed by atoms with Gasteiger partial charge in [0.05, 0.1) is 16.9 Å². The zero-order valence-electron chi connectivity index (χ0n) is 10.3. The van der Waals surface area contributed by atoms with E-state index in [1.807, 2.05) is 0 Å². The van der Waals surface area contributed by atoms with E-state index in [1.165, 1.54) is 6.21 Å². The number of nitrogens with two attached hydrogens (primary N) is 1. The highest BCUT2D eigenvalue weighted by molar-refractivity contribution is 6.46. The molecular weight excluding hydrogens is 337 g/mol. The van der Waals surface area contributed by atoms with Crippen molar-refractivity contribution in [1.82, 2.24) is 15.4 Å². The number of halogens is 3. The summed E-state index contributed by atoms with van der Waals surface area (Å²) in [6, 6.07) is 3.51. The van der Waals surface area contributed by atoms with E-state index in [0.717, 1.165) is 0 Å². The fourth-order valence-electron chi connectivity index (χ4n) is 1.35. The van der Waals surface area contributed by atoms with Gasteiger partial charge in [-0.05, 0) is 6.07 Å². The molecule has 0 fully saturated rings. The highest BCUT2D eigenvalue weighted by Crippen LogP contribution is 2.34. The van der Waals surface area contributed by atoms with Crippen LogP contribution >= 0.6 is 34.8 Å². The van der Waals surface area contributed by atoms with Gasteiger partial charge in [-0.25, -0.2) is 10.4 Å². The van der Waals surface area contributed by atoms with Crippen LogP contribution in [0.3, 0.4) is 0 Å². The molecule has 2 aromatic rings. The van der Waals surface area contributed by atoms with Crippen molar-refractivity contribution < 1.29 is 4.79 Å². The van der Waals surface area contributed by atoms with Gasteiger partial charge >= 0.3 is 0 Å². The summed E-state index contributed by atoms with van der Waals surface area (Å²) in [6.07, 6.45) is 4.62. The van der Waals surface area contributed by atoms with Crippen LogP contribution in [0.1, 0.15) is 16.1 Å². The second-order valence-electron chi connectivity index (χ2n) is 3.78. The lowest BCUT2D eigenvalue weighted by Gasteiger charge is -2.07. The molecule has 0 bridgehead atoms. The molecule has 2 heterocycles. The van der Waals surface area contributed by atoms with Gasteiger partial charge in [0.15, 0.2) is 10.8 Å². The topological polar surface area (TPSA) is 93.3 Å².